The fourth-order valence-electron chi connectivity index (χ4n) is 4.82. The number of aryl methyl sites for hydroxylation is 1. The van der Waals surface area contributed by atoms with Crippen LogP contribution in [0.5, 0.6) is 0 Å². The van der Waals surface area contributed by atoms with Crippen molar-refractivity contribution >= 4 is 11.7 Å². The highest BCUT2D eigenvalue weighted by atomic mass is 19.1. The first-order valence-corrected chi connectivity index (χ1v) is 9.89. The van der Waals surface area contributed by atoms with Crippen molar-refractivity contribution in [2.24, 2.45) is 5.92 Å². The van der Waals surface area contributed by atoms with Crippen molar-refractivity contribution in [2.45, 2.75) is 51.0 Å². The Balaban J connectivity index is 1.74. The van der Waals surface area contributed by atoms with Gasteiger partial charge in [0.1, 0.15) is 5.82 Å². The second-order valence-corrected chi connectivity index (χ2v) is 7.68. The zero-order chi connectivity index (χ0) is 19.0. The third-order valence-corrected chi connectivity index (χ3v) is 6.24. The predicted molar refractivity (Wildman–Crippen MR) is 105 cm³/mol. The average Bonchev–Trinajstić information content (AvgIpc) is 2.72. The highest BCUT2D eigenvalue weighted by Gasteiger charge is 2.39. The van der Waals surface area contributed by atoms with Crippen molar-refractivity contribution in [1.82, 2.24) is 0 Å². The SMILES string of the molecule is CCc1ccc2c(c1)[C@@H]1CCCC[C@@H]1[C@H](c1ccc(C(=O)OC)cc1F)N2. The average molecular weight is 367 g/mol. The summed E-state index contributed by atoms with van der Waals surface area (Å²) in [5, 5.41) is 3.61. The Morgan fingerprint density at radius 1 is 1.15 bits per heavy atom. The summed E-state index contributed by atoms with van der Waals surface area (Å²) >= 11 is 0. The van der Waals surface area contributed by atoms with Crippen LogP contribution >= 0.6 is 0 Å². The summed E-state index contributed by atoms with van der Waals surface area (Å²) in [7, 11) is 1.31. The lowest BCUT2D eigenvalue weighted by Crippen LogP contribution is -2.34. The first kappa shape index (κ1) is 18.0. The lowest BCUT2D eigenvalue weighted by Gasteiger charge is -2.44. The van der Waals surface area contributed by atoms with E-state index in [-0.39, 0.29) is 17.4 Å². The number of rotatable bonds is 3. The fraction of sp³-hybridized carbons (Fsp3) is 0.435. The smallest absolute Gasteiger partial charge is 0.337 e. The molecule has 4 rings (SSSR count). The summed E-state index contributed by atoms with van der Waals surface area (Å²) in [5.41, 5.74) is 4.76. The fourth-order valence-corrected chi connectivity index (χ4v) is 4.82. The van der Waals surface area contributed by atoms with E-state index in [1.165, 1.54) is 37.1 Å². The number of halogens is 1. The van der Waals surface area contributed by atoms with E-state index in [0.29, 0.717) is 17.4 Å². The van der Waals surface area contributed by atoms with Crippen molar-refractivity contribution in [2.75, 3.05) is 12.4 Å². The minimum absolute atomic E-state index is 0.0676. The summed E-state index contributed by atoms with van der Waals surface area (Å²) in [6, 6.07) is 11.3. The molecule has 1 aliphatic heterocycles. The van der Waals surface area contributed by atoms with Gasteiger partial charge in [-0.3, -0.25) is 0 Å². The van der Waals surface area contributed by atoms with Gasteiger partial charge in [-0.2, -0.15) is 0 Å². The molecule has 1 heterocycles. The number of hydrogen-bond acceptors (Lipinski definition) is 3. The van der Waals surface area contributed by atoms with E-state index in [1.54, 1.807) is 12.1 Å². The molecule has 3 atom stereocenters. The van der Waals surface area contributed by atoms with E-state index >= 15 is 0 Å². The first-order chi connectivity index (χ1) is 13.1. The summed E-state index contributed by atoms with van der Waals surface area (Å²) in [5.74, 6) is -0.0126. The van der Waals surface area contributed by atoms with Crippen LogP contribution in [-0.2, 0) is 11.2 Å². The number of methoxy groups -OCH3 is 1. The van der Waals surface area contributed by atoms with Gasteiger partial charge < -0.3 is 10.1 Å². The van der Waals surface area contributed by atoms with Crippen LogP contribution in [0, 0.1) is 11.7 Å². The Hall–Kier alpha value is -2.36. The van der Waals surface area contributed by atoms with Crippen LogP contribution in [0.25, 0.3) is 0 Å². The van der Waals surface area contributed by atoms with E-state index in [9.17, 15) is 9.18 Å². The standard InChI is InChI=1S/C23H26FNO2/c1-3-14-8-11-21-19(12-14)16-6-4-5-7-17(16)22(25-21)18-10-9-15(13-20(18)24)23(26)27-2/h8-13,16-17,22,25H,3-7H2,1-2H3/t16-,17+,22-/m1/s1. The molecule has 1 fully saturated rings. The van der Waals surface area contributed by atoms with Gasteiger partial charge in [-0.05, 0) is 60.4 Å². The Bertz CT molecular complexity index is 863. The van der Waals surface area contributed by atoms with Crippen LogP contribution in [0.4, 0.5) is 10.1 Å². The van der Waals surface area contributed by atoms with Crippen LogP contribution < -0.4 is 5.32 Å². The van der Waals surface area contributed by atoms with E-state index < -0.39 is 5.97 Å². The van der Waals surface area contributed by atoms with Crippen molar-refractivity contribution in [3.05, 3.63) is 64.5 Å². The number of esters is 1. The molecule has 0 aromatic heterocycles. The van der Waals surface area contributed by atoms with Gasteiger partial charge in [0, 0.05) is 11.3 Å². The molecule has 142 valence electrons. The van der Waals surface area contributed by atoms with Crippen LogP contribution in [0.1, 0.15) is 71.6 Å². The second-order valence-electron chi connectivity index (χ2n) is 7.68. The molecular formula is C23H26FNO2. The lowest BCUT2D eigenvalue weighted by atomic mass is 9.67. The van der Waals surface area contributed by atoms with Gasteiger partial charge in [0.05, 0.1) is 18.7 Å². The number of hydrogen-bond donors (Lipinski definition) is 1. The molecule has 2 aromatic rings. The van der Waals surface area contributed by atoms with Crippen LogP contribution in [-0.4, -0.2) is 13.1 Å². The van der Waals surface area contributed by atoms with Gasteiger partial charge in [0.25, 0.3) is 0 Å². The molecule has 0 saturated heterocycles. The molecular weight excluding hydrogens is 341 g/mol. The van der Waals surface area contributed by atoms with Gasteiger partial charge in [-0.15, -0.1) is 0 Å². The molecule has 0 bridgehead atoms. The number of carbonyl (C=O) groups is 1. The quantitative estimate of drug-likeness (QED) is 0.716. The molecule has 0 spiro atoms. The number of carbonyl (C=O) groups excluding carboxylic acids is 1. The highest BCUT2D eigenvalue weighted by Crippen LogP contribution is 2.51. The molecule has 0 unspecified atom stereocenters. The van der Waals surface area contributed by atoms with Crippen molar-refractivity contribution < 1.29 is 13.9 Å². The molecule has 1 N–H and O–H groups in total. The van der Waals surface area contributed by atoms with E-state index in [2.05, 4.69) is 30.4 Å². The Labute approximate surface area is 159 Å². The topological polar surface area (TPSA) is 38.3 Å². The van der Waals surface area contributed by atoms with Crippen molar-refractivity contribution in [3.8, 4) is 0 Å². The van der Waals surface area contributed by atoms with Gasteiger partial charge >= 0.3 is 5.97 Å². The van der Waals surface area contributed by atoms with Crippen molar-refractivity contribution in [3.63, 3.8) is 0 Å². The van der Waals surface area contributed by atoms with Gasteiger partial charge in [0.2, 0.25) is 0 Å². The Kier molecular flexibility index (Phi) is 4.90. The number of ether oxygens (including phenoxy) is 1. The summed E-state index contributed by atoms with van der Waals surface area (Å²) < 4.78 is 19.6. The second kappa shape index (κ2) is 7.34. The molecule has 1 aliphatic carbocycles. The van der Waals surface area contributed by atoms with Crippen LogP contribution in [0.3, 0.4) is 0 Å². The summed E-state index contributed by atoms with van der Waals surface area (Å²) in [4.78, 5) is 11.7. The zero-order valence-corrected chi connectivity index (χ0v) is 15.9. The molecule has 2 aromatic carbocycles. The first-order valence-electron chi connectivity index (χ1n) is 9.89. The number of nitrogens with one attached hydrogen (secondary N) is 1. The third kappa shape index (κ3) is 3.22. The highest BCUT2D eigenvalue weighted by molar-refractivity contribution is 5.89. The zero-order valence-electron chi connectivity index (χ0n) is 15.9. The summed E-state index contributed by atoms with van der Waals surface area (Å²) in [6.07, 6.45) is 5.69. The molecule has 0 radical (unpaired) electrons. The van der Waals surface area contributed by atoms with Gasteiger partial charge in [-0.25, -0.2) is 9.18 Å². The van der Waals surface area contributed by atoms with E-state index in [1.807, 2.05) is 0 Å². The van der Waals surface area contributed by atoms with Crippen molar-refractivity contribution in [1.29, 1.82) is 0 Å². The minimum atomic E-state index is -0.509. The largest absolute Gasteiger partial charge is 0.465 e. The molecule has 27 heavy (non-hydrogen) atoms. The molecule has 1 saturated carbocycles. The van der Waals surface area contributed by atoms with Gasteiger partial charge in [-0.1, -0.05) is 38.0 Å². The number of benzene rings is 2. The molecule has 2 aliphatic rings. The Morgan fingerprint density at radius 3 is 2.70 bits per heavy atom. The number of fused-ring (bicyclic) bond motifs is 3. The van der Waals surface area contributed by atoms with Crippen LogP contribution in [0.2, 0.25) is 0 Å². The minimum Gasteiger partial charge on any atom is -0.465 e. The maximum Gasteiger partial charge on any atom is 0.337 e. The van der Waals surface area contributed by atoms with Gasteiger partial charge in [0.15, 0.2) is 0 Å². The third-order valence-electron chi connectivity index (χ3n) is 6.24. The maximum absolute atomic E-state index is 14.9. The maximum atomic E-state index is 14.9. The van der Waals surface area contributed by atoms with E-state index in [4.69, 9.17) is 4.74 Å². The van der Waals surface area contributed by atoms with E-state index in [0.717, 1.165) is 24.9 Å². The predicted octanol–water partition coefficient (Wildman–Crippen LogP) is 5.62. The lowest BCUT2D eigenvalue weighted by molar-refractivity contribution is 0.0600. The number of anilines is 1. The normalized spacial score (nSPS) is 23.7. The van der Waals surface area contributed by atoms with Crippen LogP contribution in [0.15, 0.2) is 36.4 Å². The molecule has 3 nitrogen and oxygen atoms in total. The monoisotopic (exact) mass is 367 g/mol. The molecule has 4 heteroatoms. The summed E-state index contributed by atoms with van der Waals surface area (Å²) in [6.45, 7) is 2.18. The molecule has 0 amide bonds. The Morgan fingerprint density at radius 2 is 1.96 bits per heavy atom.